The first-order chi connectivity index (χ1) is 6.74. The van der Waals surface area contributed by atoms with Crippen LogP contribution in [0.4, 0.5) is 0 Å². The number of nitrogens with one attached hydrogen (secondary N) is 1. The fourth-order valence-electron chi connectivity index (χ4n) is 2.26. The van der Waals surface area contributed by atoms with Crippen LogP contribution >= 0.6 is 0 Å². The molecule has 0 amide bonds. The van der Waals surface area contributed by atoms with Crippen molar-refractivity contribution >= 4 is 0 Å². The van der Waals surface area contributed by atoms with E-state index >= 15 is 0 Å². The molecule has 0 saturated heterocycles. The van der Waals surface area contributed by atoms with Crippen LogP contribution in [0.25, 0.3) is 0 Å². The molecule has 0 bridgehead atoms. The van der Waals surface area contributed by atoms with Gasteiger partial charge in [-0.3, -0.25) is 0 Å². The highest BCUT2D eigenvalue weighted by Gasteiger charge is 2.23. The minimum absolute atomic E-state index is 0.762. The highest BCUT2D eigenvalue weighted by Crippen LogP contribution is 2.29. The van der Waals surface area contributed by atoms with Crippen molar-refractivity contribution in [1.82, 2.24) is 5.32 Å². The van der Waals surface area contributed by atoms with E-state index < -0.39 is 0 Å². The lowest BCUT2D eigenvalue weighted by molar-refractivity contribution is 0.186. The molecule has 14 heavy (non-hydrogen) atoms. The Hall–Kier alpha value is -0.0800. The molecule has 0 aromatic heterocycles. The maximum absolute atomic E-state index is 5.03. The van der Waals surface area contributed by atoms with Gasteiger partial charge in [-0.25, -0.2) is 0 Å². The van der Waals surface area contributed by atoms with Crippen molar-refractivity contribution in [2.24, 2.45) is 11.8 Å². The molecule has 0 heterocycles. The van der Waals surface area contributed by atoms with E-state index in [9.17, 15) is 0 Å². The highest BCUT2D eigenvalue weighted by molar-refractivity contribution is 4.79. The minimum atomic E-state index is 0.762. The second-order valence-electron chi connectivity index (χ2n) is 4.77. The summed E-state index contributed by atoms with van der Waals surface area (Å²) >= 11 is 0. The van der Waals surface area contributed by atoms with Crippen molar-refractivity contribution in [2.45, 2.75) is 45.6 Å². The Bertz CT molecular complexity index is 149. The summed E-state index contributed by atoms with van der Waals surface area (Å²) in [6.45, 7) is 6.75. The van der Waals surface area contributed by atoms with Gasteiger partial charge in [0.2, 0.25) is 0 Å². The van der Waals surface area contributed by atoms with Crippen molar-refractivity contribution in [2.75, 3.05) is 20.3 Å². The van der Waals surface area contributed by atoms with Crippen LogP contribution in [0.3, 0.4) is 0 Å². The van der Waals surface area contributed by atoms with E-state index in [2.05, 4.69) is 19.2 Å². The largest absolute Gasteiger partial charge is 0.385 e. The van der Waals surface area contributed by atoms with E-state index in [4.69, 9.17) is 4.74 Å². The molecule has 0 aliphatic heterocycles. The molecule has 3 atom stereocenters. The lowest BCUT2D eigenvalue weighted by Crippen LogP contribution is -2.36. The molecule has 0 unspecified atom stereocenters. The molecule has 1 N–H and O–H groups in total. The number of hydrogen-bond acceptors (Lipinski definition) is 2. The van der Waals surface area contributed by atoms with Crippen LogP contribution in [0, 0.1) is 11.8 Å². The molecule has 2 heteroatoms. The van der Waals surface area contributed by atoms with Gasteiger partial charge >= 0.3 is 0 Å². The summed E-state index contributed by atoms with van der Waals surface area (Å²) < 4.78 is 5.03. The third-order valence-corrected chi connectivity index (χ3v) is 3.56. The van der Waals surface area contributed by atoms with Crippen LogP contribution in [0.5, 0.6) is 0 Å². The predicted molar refractivity (Wildman–Crippen MR) is 60.5 cm³/mol. The van der Waals surface area contributed by atoms with Gasteiger partial charge in [-0.2, -0.15) is 0 Å². The second kappa shape index (κ2) is 6.41. The van der Waals surface area contributed by atoms with Crippen LogP contribution in [-0.4, -0.2) is 26.3 Å². The Morgan fingerprint density at radius 3 is 2.64 bits per heavy atom. The zero-order valence-corrected chi connectivity index (χ0v) is 9.88. The molecule has 0 radical (unpaired) electrons. The van der Waals surface area contributed by atoms with Gasteiger partial charge in [-0.15, -0.1) is 0 Å². The molecule has 2 nitrogen and oxygen atoms in total. The summed E-state index contributed by atoms with van der Waals surface area (Å²) in [5.41, 5.74) is 0. The molecule has 84 valence electrons. The van der Waals surface area contributed by atoms with E-state index in [-0.39, 0.29) is 0 Å². The molecule has 1 aliphatic rings. The first kappa shape index (κ1) is 12.0. The second-order valence-corrected chi connectivity index (χ2v) is 4.77. The summed E-state index contributed by atoms with van der Waals surface area (Å²) in [6, 6.07) is 0.762. The summed E-state index contributed by atoms with van der Waals surface area (Å²) in [5.74, 6) is 1.82. The Labute approximate surface area is 88.4 Å². The maximum atomic E-state index is 5.03. The number of hydrogen-bond donors (Lipinski definition) is 1. The number of rotatable bonds is 5. The summed E-state index contributed by atoms with van der Waals surface area (Å²) in [5, 5.41) is 3.63. The summed E-state index contributed by atoms with van der Waals surface area (Å²) in [4.78, 5) is 0. The fourth-order valence-corrected chi connectivity index (χ4v) is 2.26. The zero-order valence-electron chi connectivity index (χ0n) is 9.88. The van der Waals surface area contributed by atoms with Crippen molar-refractivity contribution in [3.63, 3.8) is 0 Å². The smallest absolute Gasteiger partial charge is 0.0474 e. The average Bonchev–Trinajstić information content (AvgIpc) is 2.18. The number of methoxy groups -OCH3 is 1. The van der Waals surface area contributed by atoms with Gasteiger partial charge in [0.15, 0.2) is 0 Å². The molecule has 1 aliphatic carbocycles. The standard InChI is InChI=1S/C12H25NO/c1-10-5-6-12(9-11(10)2)13-7-4-8-14-3/h10-13H,4-9H2,1-3H3/t10-,11-,12-/m0/s1. The van der Waals surface area contributed by atoms with Gasteiger partial charge < -0.3 is 10.1 Å². The lowest BCUT2D eigenvalue weighted by atomic mass is 9.79. The zero-order chi connectivity index (χ0) is 10.4. The molecular weight excluding hydrogens is 174 g/mol. The first-order valence-electron chi connectivity index (χ1n) is 5.96. The van der Waals surface area contributed by atoms with Crippen molar-refractivity contribution in [3.05, 3.63) is 0 Å². The third kappa shape index (κ3) is 3.97. The van der Waals surface area contributed by atoms with Gasteiger partial charge in [0.05, 0.1) is 0 Å². The molecule has 0 spiro atoms. The third-order valence-electron chi connectivity index (χ3n) is 3.56. The molecule has 1 rings (SSSR count). The fraction of sp³-hybridized carbons (Fsp3) is 1.00. The Kier molecular flexibility index (Phi) is 5.49. The van der Waals surface area contributed by atoms with E-state index in [1.54, 1.807) is 7.11 Å². The molecule has 1 saturated carbocycles. The van der Waals surface area contributed by atoms with Gasteiger partial charge in [0, 0.05) is 19.8 Å². The topological polar surface area (TPSA) is 21.3 Å². The Morgan fingerprint density at radius 1 is 1.21 bits per heavy atom. The normalized spacial score (nSPS) is 33.2. The van der Waals surface area contributed by atoms with E-state index in [1.807, 2.05) is 0 Å². The first-order valence-corrected chi connectivity index (χ1v) is 5.96. The van der Waals surface area contributed by atoms with E-state index in [0.717, 1.165) is 37.5 Å². The Morgan fingerprint density at radius 2 is 2.00 bits per heavy atom. The molecule has 0 aromatic carbocycles. The van der Waals surface area contributed by atoms with Crippen LogP contribution < -0.4 is 5.32 Å². The van der Waals surface area contributed by atoms with Crippen molar-refractivity contribution in [1.29, 1.82) is 0 Å². The minimum Gasteiger partial charge on any atom is -0.385 e. The van der Waals surface area contributed by atoms with Gasteiger partial charge in [0.1, 0.15) is 0 Å². The van der Waals surface area contributed by atoms with Crippen LogP contribution in [0.1, 0.15) is 39.5 Å². The molecule has 0 aromatic rings. The Balaban J connectivity index is 2.07. The monoisotopic (exact) mass is 199 g/mol. The quantitative estimate of drug-likeness (QED) is 0.687. The van der Waals surface area contributed by atoms with Crippen molar-refractivity contribution < 1.29 is 4.74 Å². The van der Waals surface area contributed by atoms with Crippen LogP contribution in [-0.2, 0) is 4.74 Å². The van der Waals surface area contributed by atoms with E-state index in [0.29, 0.717) is 0 Å². The lowest BCUT2D eigenvalue weighted by Gasteiger charge is -2.32. The highest BCUT2D eigenvalue weighted by atomic mass is 16.5. The van der Waals surface area contributed by atoms with Crippen molar-refractivity contribution in [3.8, 4) is 0 Å². The SMILES string of the molecule is COCCCN[C@H]1CC[C@H](C)[C@@H](C)C1. The molecular formula is C12H25NO. The van der Waals surface area contributed by atoms with E-state index in [1.165, 1.54) is 19.3 Å². The predicted octanol–water partition coefficient (Wildman–Crippen LogP) is 2.44. The van der Waals surface area contributed by atoms with Crippen LogP contribution in [0.15, 0.2) is 0 Å². The maximum Gasteiger partial charge on any atom is 0.0474 e. The summed E-state index contributed by atoms with van der Waals surface area (Å²) in [6.07, 6.45) is 5.24. The summed E-state index contributed by atoms with van der Waals surface area (Å²) in [7, 11) is 1.77. The van der Waals surface area contributed by atoms with Gasteiger partial charge in [-0.1, -0.05) is 13.8 Å². The van der Waals surface area contributed by atoms with Gasteiger partial charge in [-0.05, 0) is 44.1 Å². The molecule has 1 fully saturated rings. The average molecular weight is 199 g/mol. The van der Waals surface area contributed by atoms with Gasteiger partial charge in [0.25, 0.3) is 0 Å². The number of ether oxygens (including phenoxy) is 1. The van der Waals surface area contributed by atoms with Crippen LogP contribution in [0.2, 0.25) is 0 Å².